The van der Waals surface area contributed by atoms with E-state index in [0.29, 0.717) is 0 Å². The number of hydrogen-bond acceptors (Lipinski definition) is 4. The molecule has 0 aliphatic heterocycles. The quantitative estimate of drug-likeness (QED) is 0.794. The van der Waals surface area contributed by atoms with Crippen LogP contribution in [0, 0.1) is 5.92 Å². The molecule has 0 atom stereocenters. The maximum Gasteiger partial charge on any atom is 0.146 e. The third-order valence-electron chi connectivity index (χ3n) is 3.33. The first-order chi connectivity index (χ1) is 8.38. The molecule has 0 unspecified atom stereocenters. The lowest BCUT2D eigenvalue weighted by Crippen LogP contribution is -2.09. The molecule has 17 heavy (non-hydrogen) atoms. The molecule has 1 aliphatic carbocycles. The van der Waals surface area contributed by atoms with E-state index >= 15 is 0 Å². The molecule has 0 spiro atoms. The fourth-order valence-corrected chi connectivity index (χ4v) is 2.42. The van der Waals surface area contributed by atoms with Crippen molar-refractivity contribution in [1.29, 1.82) is 0 Å². The first-order valence-corrected chi connectivity index (χ1v) is 6.68. The van der Waals surface area contributed by atoms with Crippen LogP contribution in [0.4, 0.5) is 11.6 Å². The van der Waals surface area contributed by atoms with Crippen LogP contribution >= 0.6 is 0 Å². The number of rotatable bonds is 6. The van der Waals surface area contributed by atoms with Gasteiger partial charge in [-0.25, -0.2) is 4.98 Å². The molecule has 0 saturated heterocycles. The van der Waals surface area contributed by atoms with Gasteiger partial charge in [-0.05, 0) is 19.3 Å². The van der Waals surface area contributed by atoms with E-state index in [9.17, 15) is 0 Å². The van der Waals surface area contributed by atoms with E-state index in [-0.39, 0.29) is 0 Å². The van der Waals surface area contributed by atoms with E-state index in [4.69, 9.17) is 0 Å². The number of aromatic nitrogens is 2. The van der Waals surface area contributed by atoms with Crippen molar-refractivity contribution in [2.24, 2.45) is 5.92 Å². The van der Waals surface area contributed by atoms with Crippen LogP contribution in [0.25, 0.3) is 0 Å². The van der Waals surface area contributed by atoms with Crippen molar-refractivity contribution in [2.75, 3.05) is 23.7 Å². The van der Waals surface area contributed by atoms with Crippen LogP contribution in [0.5, 0.6) is 0 Å². The second-order valence-electron chi connectivity index (χ2n) is 4.69. The Morgan fingerprint density at radius 2 is 1.88 bits per heavy atom. The first kappa shape index (κ1) is 12.1. The van der Waals surface area contributed by atoms with Gasteiger partial charge in [0.25, 0.3) is 0 Å². The molecule has 0 amide bonds. The van der Waals surface area contributed by atoms with Crippen LogP contribution in [0.1, 0.15) is 39.0 Å². The molecule has 2 rings (SSSR count). The van der Waals surface area contributed by atoms with Gasteiger partial charge in [0.1, 0.15) is 11.6 Å². The lowest BCUT2D eigenvalue weighted by molar-refractivity contribution is 0.518. The highest BCUT2D eigenvalue weighted by molar-refractivity contribution is 5.41. The first-order valence-electron chi connectivity index (χ1n) is 6.68. The summed E-state index contributed by atoms with van der Waals surface area (Å²) in [6.07, 6.45) is 10.4. The maximum absolute atomic E-state index is 4.44. The Morgan fingerprint density at radius 3 is 2.59 bits per heavy atom. The highest BCUT2D eigenvalue weighted by Crippen LogP contribution is 2.27. The number of nitrogens with zero attached hydrogens (tertiary/aromatic N) is 2. The minimum Gasteiger partial charge on any atom is -0.369 e. The summed E-state index contributed by atoms with van der Waals surface area (Å²) in [5.74, 6) is 2.65. The number of nitrogens with one attached hydrogen (secondary N) is 2. The van der Waals surface area contributed by atoms with Crippen molar-refractivity contribution >= 4 is 11.6 Å². The summed E-state index contributed by atoms with van der Waals surface area (Å²) in [5, 5.41) is 6.52. The second-order valence-corrected chi connectivity index (χ2v) is 4.69. The van der Waals surface area contributed by atoms with Gasteiger partial charge in [-0.15, -0.1) is 0 Å². The Labute approximate surface area is 103 Å². The smallest absolute Gasteiger partial charge is 0.146 e. The zero-order chi connectivity index (χ0) is 11.9. The van der Waals surface area contributed by atoms with Crippen molar-refractivity contribution in [1.82, 2.24) is 9.97 Å². The topological polar surface area (TPSA) is 49.8 Å². The lowest BCUT2D eigenvalue weighted by Gasteiger charge is -2.10. The Hall–Kier alpha value is -1.32. The van der Waals surface area contributed by atoms with E-state index in [0.717, 1.165) is 30.6 Å². The summed E-state index contributed by atoms with van der Waals surface area (Å²) < 4.78 is 0. The SMILES string of the molecule is CCNc1cncc(NCCC2CCCC2)n1. The summed E-state index contributed by atoms with van der Waals surface area (Å²) in [6.45, 7) is 3.94. The van der Waals surface area contributed by atoms with Crippen molar-refractivity contribution in [3.8, 4) is 0 Å². The van der Waals surface area contributed by atoms with Crippen molar-refractivity contribution in [2.45, 2.75) is 39.0 Å². The monoisotopic (exact) mass is 234 g/mol. The molecular formula is C13H22N4. The molecule has 0 aromatic carbocycles. The molecule has 0 radical (unpaired) electrons. The third-order valence-corrected chi connectivity index (χ3v) is 3.33. The summed E-state index contributed by atoms with van der Waals surface area (Å²) in [6, 6.07) is 0. The Balaban J connectivity index is 1.75. The molecule has 0 bridgehead atoms. The molecule has 94 valence electrons. The van der Waals surface area contributed by atoms with Crippen LogP contribution in [0.15, 0.2) is 12.4 Å². The van der Waals surface area contributed by atoms with E-state index in [1.165, 1.54) is 32.1 Å². The van der Waals surface area contributed by atoms with Crippen molar-refractivity contribution in [3.05, 3.63) is 12.4 Å². The summed E-state index contributed by atoms with van der Waals surface area (Å²) in [5.41, 5.74) is 0. The molecule has 1 fully saturated rings. The van der Waals surface area contributed by atoms with E-state index in [2.05, 4.69) is 27.5 Å². The van der Waals surface area contributed by atoms with Crippen LogP contribution < -0.4 is 10.6 Å². The van der Waals surface area contributed by atoms with Crippen molar-refractivity contribution < 1.29 is 0 Å². The minimum atomic E-state index is 0.846. The molecule has 4 nitrogen and oxygen atoms in total. The van der Waals surface area contributed by atoms with Gasteiger partial charge < -0.3 is 10.6 Å². The zero-order valence-electron chi connectivity index (χ0n) is 10.6. The van der Waals surface area contributed by atoms with Crippen LogP contribution in [0.2, 0.25) is 0 Å². The molecule has 1 heterocycles. The molecular weight excluding hydrogens is 212 g/mol. The van der Waals surface area contributed by atoms with Gasteiger partial charge in [0.05, 0.1) is 12.4 Å². The van der Waals surface area contributed by atoms with E-state index < -0.39 is 0 Å². The second kappa shape index (κ2) is 6.42. The summed E-state index contributed by atoms with van der Waals surface area (Å²) in [4.78, 5) is 8.61. The third kappa shape index (κ3) is 3.88. The van der Waals surface area contributed by atoms with Crippen molar-refractivity contribution in [3.63, 3.8) is 0 Å². The van der Waals surface area contributed by atoms with Gasteiger partial charge in [-0.1, -0.05) is 25.7 Å². The fourth-order valence-electron chi connectivity index (χ4n) is 2.42. The summed E-state index contributed by atoms with van der Waals surface area (Å²) in [7, 11) is 0. The zero-order valence-corrected chi connectivity index (χ0v) is 10.6. The Bertz CT molecular complexity index is 334. The Morgan fingerprint density at radius 1 is 1.18 bits per heavy atom. The average Bonchev–Trinajstić information content (AvgIpc) is 2.83. The Kier molecular flexibility index (Phi) is 4.59. The van der Waals surface area contributed by atoms with Gasteiger partial charge >= 0.3 is 0 Å². The van der Waals surface area contributed by atoms with Gasteiger partial charge in [-0.2, -0.15) is 0 Å². The van der Waals surface area contributed by atoms with Crippen LogP contribution in [-0.4, -0.2) is 23.1 Å². The molecule has 2 N–H and O–H groups in total. The molecule has 1 aromatic heterocycles. The fraction of sp³-hybridized carbons (Fsp3) is 0.692. The normalized spacial score (nSPS) is 16.1. The summed E-state index contributed by atoms with van der Waals surface area (Å²) >= 11 is 0. The van der Waals surface area contributed by atoms with Crippen LogP contribution in [-0.2, 0) is 0 Å². The van der Waals surface area contributed by atoms with Gasteiger partial charge in [0, 0.05) is 13.1 Å². The standard InChI is InChI=1S/C13H22N4/c1-2-15-12-9-14-10-13(17-12)16-8-7-11-5-3-4-6-11/h9-11H,2-8H2,1H3,(H2,15,16,17). The minimum absolute atomic E-state index is 0.846. The molecule has 4 heteroatoms. The van der Waals surface area contributed by atoms with Gasteiger partial charge in [0.2, 0.25) is 0 Å². The highest BCUT2D eigenvalue weighted by Gasteiger charge is 2.14. The maximum atomic E-state index is 4.44. The van der Waals surface area contributed by atoms with E-state index in [1.807, 2.05) is 0 Å². The van der Waals surface area contributed by atoms with Gasteiger partial charge in [0.15, 0.2) is 0 Å². The predicted molar refractivity (Wildman–Crippen MR) is 71.3 cm³/mol. The average molecular weight is 234 g/mol. The molecule has 1 aliphatic rings. The predicted octanol–water partition coefficient (Wildman–Crippen LogP) is 2.90. The number of hydrogen-bond donors (Lipinski definition) is 2. The largest absolute Gasteiger partial charge is 0.369 e. The van der Waals surface area contributed by atoms with Crippen LogP contribution in [0.3, 0.4) is 0 Å². The lowest BCUT2D eigenvalue weighted by atomic mass is 10.0. The molecule has 1 saturated carbocycles. The molecule has 1 aromatic rings. The number of anilines is 2. The highest BCUT2D eigenvalue weighted by atomic mass is 15.1. The van der Waals surface area contributed by atoms with E-state index in [1.54, 1.807) is 12.4 Å². The van der Waals surface area contributed by atoms with Gasteiger partial charge in [-0.3, -0.25) is 4.98 Å².